The topological polar surface area (TPSA) is 35.8 Å². The number of rotatable bonds is 3. The van der Waals surface area contributed by atoms with E-state index in [2.05, 4.69) is 40.4 Å². The maximum atomic E-state index is 8.74. The van der Waals surface area contributed by atoms with E-state index < -0.39 is 0 Å². The molecule has 0 spiro atoms. The Balaban J connectivity index is 1.65. The molecule has 1 aliphatic heterocycles. The van der Waals surface area contributed by atoms with E-state index in [1.165, 1.54) is 18.4 Å². The van der Waals surface area contributed by atoms with E-state index in [9.17, 15) is 0 Å². The highest BCUT2D eigenvalue weighted by Gasteiger charge is 2.40. The third-order valence-electron chi connectivity index (χ3n) is 4.47. The molecule has 2 bridgehead atoms. The summed E-state index contributed by atoms with van der Waals surface area (Å²) in [5, 5.41) is 12.0. The fourth-order valence-corrected chi connectivity index (χ4v) is 3.65. The average Bonchev–Trinajstić information content (AvgIpc) is 2.63. The van der Waals surface area contributed by atoms with Gasteiger partial charge in [0.05, 0.1) is 0 Å². The number of hydrogen-bond donors (Lipinski definition) is 1. The van der Waals surface area contributed by atoms with E-state index in [0.717, 1.165) is 19.6 Å². The number of fused-ring (bicyclic) bond motifs is 2. The highest BCUT2D eigenvalue weighted by Crippen LogP contribution is 2.41. The maximum absolute atomic E-state index is 8.74. The number of likely N-dealkylation sites (tertiary alicyclic amines) is 1. The van der Waals surface area contributed by atoms with Crippen LogP contribution < -0.4 is 0 Å². The van der Waals surface area contributed by atoms with Crippen molar-refractivity contribution in [3.63, 3.8) is 0 Å². The SMILES string of the molecule is ON=CC1C2CCC1CN(Cc1ccccc1)C2. The number of oxime groups is 1. The highest BCUT2D eigenvalue weighted by atomic mass is 16.4. The standard InChI is InChI=1S/C15H20N2O/c18-16-8-15-13-6-7-14(15)11-17(10-13)9-12-4-2-1-3-5-12/h1-5,8,13-15,18H,6-7,9-11H2. The first kappa shape index (κ1) is 11.7. The van der Waals surface area contributed by atoms with Gasteiger partial charge in [-0.1, -0.05) is 30.3 Å². The zero-order chi connectivity index (χ0) is 12.4. The third kappa shape index (κ3) is 2.27. The molecule has 3 rings (SSSR count). The van der Waals surface area contributed by atoms with Crippen molar-refractivity contribution in [2.75, 3.05) is 13.1 Å². The Kier molecular flexibility index (Phi) is 3.33. The van der Waals surface area contributed by atoms with Crippen LogP contribution in [0.5, 0.6) is 0 Å². The van der Waals surface area contributed by atoms with Crippen LogP contribution in [0.15, 0.2) is 35.5 Å². The van der Waals surface area contributed by atoms with Crippen LogP contribution in [0.1, 0.15) is 18.4 Å². The van der Waals surface area contributed by atoms with Gasteiger partial charge in [-0.15, -0.1) is 5.16 Å². The van der Waals surface area contributed by atoms with Crippen molar-refractivity contribution in [1.82, 2.24) is 4.90 Å². The zero-order valence-corrected chi connectivity index (χ0v) is 10.6. The van der Waals surface area contributed by atoms with Gasteiger partial charge in [-0.25, -0.2) is 0 Å². The molecule has 2 unspecified atom stereocenters. The van der Waals surface area contributed by atoms with Crippen LogP contribution >= 0.6 is 0 Å². The van der Waals surface area contributed by atoms with Crippen LogP contribution in [0.3, 0.4) is 0 Å². The number of piperidine rings is 1. The van der Waals surface area contributed by atoms with Gasteiger partial charge in [-0.3, -0.25) is 4.90 Å². The van der Waals surface area contributed by atoms with E-state index in [0.29, 0.717) is 17.8 Å². The van der Waals surface area contributed by atoms with Gasteiger partial charge in [0.15, 0.2) is 0 Å². The van der Waals surface area contributed by atoms with E-state index in [-0.39, 0.29) is 0 Å². The monoisotopic (exact) mass is 244 g/mol. The quantitative estimate of drug-likeness (QED) is 0.504. The first-order chi connectivity index (χ1) is 8.86. The van der Waals surface area contributed by atoms with Gasteiger partial charge >= 0.3 is 0 Å². The minimum Gasteiger partial charge on any atom is -0.411 e. The van der Waals surface area contributed by atoms with Crippen molar-refractivity contribution in [2.45, 2.75) is 19.4 Å². The summed E-state index contributed by atoms with van der Waals surface area (Å²) in [4.78, 5) is 2.55. The van der Waals surface area contributed by atoms with E-state index in [1.807, 2.05) is 0 Å². The van der Waals surface area contributed by atoms with Crippen molar-refractivity contribution < 1.29 is 5.21 Å². The molecule has 0 amide bonds. The molecular weight excluding hydrogens is 224 g/mol. The number of benzene rings is 1. The van der Waals surface area contributed by atoms with E-state index in [4.69, 9.17) is 5.21 Å². The molecule has 0 aromatic heterocycles. The average molecular weight is 244 g/mol. The molecule has 2 atom stereocenters. The summed E-state index contributed by atoms with van der Waals surface area (Å²) in [5.74, 6) is 1.87. The Hall–Kier alpha value is -1.35. The third-order valence-corrected chi connectivity index (χ3v) is 4.47. The van der Waals surface area contributed by atoms with Crippen molar-refractivity contribution in [1.29, 1.82) is 0 Å². The van der Waals surface area contributed by atoms with Crippen LogP contribution in [0.2, 0.25) is 0 Å². The molecule has 1 aromatic rings. The summed E-state index contributed by atoms with van der Waals surface area (Å²) in [7, 11) is 0. The Labute approximate surface area is 108 Å². The molecule has 3 heteroatoms. The molecule has 1 saturated heterocycles. The van der Waals surface area contributed by atoms with Crippen molar-refractivity contribution in [2.24, 2.45) is 22.9 Å². The maximum Gasteiger partial charge on any atom is 0.0473 e. The summed E-state index contributed by atoms with van der Waals surface area (Å²) in [6.07, 6.45) is 4.33. The minimum atomic E-state index is 0.502. The summed E-state index contributed by atoms with van der Waals surface area (Å²) < 4.78 is 0. The van der Waals surface area contributed by atoms with Crippen molar-refractivity contribution >= 4 is 6.21 Å². The minimum absolute atomic E-state index is 0.502. The molecule has 18 heavy (non-hydrogen) atoms. The first-order valence-electron chi connectivity index (χ1n) is 6.80. The molecule has 0 radical (unpaired) electrons. The molecule has 1 aromatic carbocycles. The predicted molar refractivity (Wildman–Crippen MR) is 71.7 cm³/mol. The van der Waals surface area contributed by atoms with Crippen LogP contribution in [-0.2, 0) is 6.54 Å². The lowest BCUT2D eigenvalue weighted by atomic mass is 9.86. The van der Waals surface area contributed by atoms with Gasteiger partial charge < -0.3 is 5.21 Å². The van der Waals surface area contributed by atoms with Crippen LogP contribution in [0.4, 0.5) is 0 Å². The number of nitrogens with zero attached hydrogens (tertiary/aromatic N) is 2. The van der Waals surface area contributed by atoms with Gasteiger partial charge in [-0.2, -0.15) is 0 Å². The van der Waals surface area contributed by atoms with Gasteiger partial charge in [0.1, 0.15) is 0 Å². The van der Waals surface area contributed by atoms with Crippen molar-refractivity contribution in [3.05, 3.63) is 35.9 Å². The first-order valence-corrected chi connectivity index (χ1v) is 6.80. The molecule has 1 saturated carbocycles. The van der Waals surface area contributed by atoms with Crippen LogP contribution in [-0.4, -0.2) is 29.4 Å². The van der Waals surface area contributed by atoms with Gasteiger partial charge in [0.25, 0.3) is 0 Å². The lowest BCUT2D eigenvalue weighted by Gasteiger charge is -2.36. The summed E-state index contributed by atoms with van der Waals surface area (Å²) in [6, 6.07) is 10.7. The molecular formula is C15H20N2O. The zero-order valence-electron chi connectivity index (χ0n) is 10.6. The Morgan fingerprint density at radius 2 is 1.83 bits per heavy atom. The van der Waals surface area contributed by atoms with Gasteiger partial charge in [0, 0.05) is 31.8 Å². The van der Waals surface area contributed by atoms with E-state index in [1.54, 1.807) is 6.21 Å². The summed E-state index contributed by atoms with van der Waals surface area (Å²) in [6.45, 7) is 3.33. The second kappa shape index (κ2) is 5.11. The molecule has 2 fully saturated rings. The lowest BCUT2D eigenvalue weighted by molar-refractivity contribution is 0.134. The summed E-state index contributed by atoms with van der Waals surface area (Å²) in [5.41, 5.74) is 1.39. The largest absolute Gasteiger partial charge is 0.411 e. The van der Waals surface area contributed by atoms with Gasteiger partial charge in [-0.05, 0) is 30.2 Å². The predicted octanol–water partition coefficient (Wildman–Crippen LogP) is 2.60. The van der Waals surface area contributed by atoms with Crippen LogP contribution in [0.25, 0.3) is 0 Å². The van der Waals surface area contributed by atoms with Crippen molar-refractivity contribution in [3.8, 4) is 0 Å². The fraction of sp³-hybridized carbons (Fsp3) is 0.533. The van der Waals surface area contributed by atoms with E-state index >= 15 is 0 Å². The molecule has 3 nitrogen and oxygen atoms in total. The molecule has 2 aliphatic rings. The smallest absolute Gasteiger partial charge is 0.0473 e. The Bertz CT molecular complexity index is 404. The molecule has 1 aliphatic carbocycles. The highest BCUT2D eigenvalue weighted by molar-refractivity contribution is 5.61. The molecule has 1 N–H and O–H groups in total. The Morgan fingerprint density at radius 1 is 1.17 bits per heavy atom. The second-order valence-electron chi connectivity index (χ2n) is 5.62. The van der Waals surface area contributed by atoms with Gasteiger partial charge in [0.2, 0.25) is 0 Å². The normalized spacial score (nSPS) is 32.1. The molecule has 1 heterocycles. The summed E-state index contributed by atoms with van der Waals surface area (Å²) >= 11 is 0. The van der Waals surface area contributed by atoms with Crippen LogP contribution in [0, 0.1) is 17.8 Å². The number of hydrogen-bond acceptors (Lipinski definition) is 3. The fourth-order valence-electron chi connectivity index (χ4n) is 3.65. The lowest BCUT2D eigenvalue weighted by Crippen LogP contribution is -2.41. The molecule has 96 valence electrons. The second-order valence-corrected chi connectivity index (χ2v) is 5.62. The Morgan fingerprint density at radius 3 is 2.44 bits per heavy atom.